The molecule has 0 radical (unpaired) electrons. The smallest absolute Gasteiger partial charge is 0.0462 e. The van der Waals surface area contributed by atoms with Gasteiger partial charge < -0.3 is 4.90 Å². The Kier molecular flexibility index (Phi) is 4.99. The summed E-state index contributed by atoms with van der Waals surface area (Å²) in [5, 5.41) is 0. The van der Waals surface area contributed by atoms with Crippen LogP contribution in [-0.2, 0) is 0 Å². The summed E-state index contributed by atoms with van der Waals surface area (Å²) < 4.78 is 0. The van der Waals surface area contributed by atoms with Crippen molar-refractivity contribution >= 4 is 17.1 Å². The number of para-hydroxylation sites is 2. The van der Waals surface area contributed by atoms with E-state index in [4.69, 9.17) is 0 Å². The molecule has 0 aliphatic heterocycles. The highest BCUT2D eigenvalue weighted by atomic mass is 15.1. The Balaban J connectivity index is 1.99. The average Bonchev–Trinajstić information content (AvgIpc) is 2.63. The number of benzene rings is 3. The molecule has 0 fully saturated rings. The first-order chi connectivity index (χ1) is 11.7. The van der Waals surface area contributed by atoms with E-state index in [-0.39, 0.29) is 0 Å². The summed E-state index contributed by atoms with van der Waals surface area (Å²) in [5.74, 6) is 6.82. The van der Waals surface area contributed by atoms with Gasteiger partial charge in [-0.2, -0.15) is 0 Å². The molecule has 118 valence electrons. The molecule has 1 heteroatoms. The van der Waals surface area contributed by atoms with Gasteiger partial charge in [0.1, 0.15) is 0 Å². The molecule has 0 atom stereocenters. The van der Waals surface area contributed by atoms with E-state index in [9.17, 15) is 0 Å². The van der Waals surface area contributed by atoms with Gasteiger partial charge >= 0.3 is 0 Å². The first-order valence-corrected chi connectivity index (χ1v) is 8.26. The molecule has 0 spiro atoms. The second-order valence-corrected chi connectivity index (χ2v) is 5.98. The molecular weight excluding hydrogens is 290 g/mol. The summed E-state index contributed by atoms with van der Waals surface area (Å²) in [6, 6.07) is 29.3. The van der Waals surface area contributed by atoms with Crippen LogP contribution in [0.3, 0.4) is 0 Å². The minimum atomic E-state index is 0.384. The van der Waals surface area contributed by atoms with E-state index in [1.165, 1.54) is 0 Å². The van der Waals surface area contributed by atoms with Gasteiger partial charge in [-0.3, -0.25) is 0 Å². The van der Waals surface area contributed by atoms with Crippen molar-refractivity contribution in [3.8, 4) is 11.8 Å². The summed E-state index contributed by atoms with van der Waals surface area (Å²) in [4.78, 5) is 2.25. The number of nitrogens with zero attached hydrogens (tertiary/aromatic N) is 1. The van der Waals surface area contributed by atoms with E-state index in [1.807, 2.05) is 12.1 Å². The molecule has 1 nitrogen and oxygen atoms in total. The van der Waals surface area contributed by atoms with Crippen molar-refractivity contribution in [1.29, 1.82) is 0 Å². The topological polar surface area (TPSA) is 3.24 Å². The summed E-state index contributed by atoms with van der Waals surface area (Å²) in [7, 11) is 0. The van der Waals surface area contributed by atoms with E-state index >= 15 is 0 Å². The van der Waals surface area contributed by atoms with Gasteiger partial charge in [-0.25, -0.2) is 0 Å². The highest BCUT2D eigenvalue weighted by Gasteiger charge is 2.11. The zero-order valence-electron chi connectivity index (χ0n) is 14.1. The maximum absolute atomic E-state index is 3.22. The van der Waals surface area contributed by atoms with E-state index in [2.05, 4.69) is 103 Å². The molecule has 0 saturated carbocycles. The van der Waals surface area contributed by atoms with Crippen LogP contribution in [-0.4, -0.2) is 0 Å². The van der Waals surface area contributed by atoms with Crippen LogP contribution in [0.4, 0.5) is 17.1 Å². The van der Waals surface area contributed by atoms with Crippen LogP contribution in [0.2, 0.25) is 0 Å². The van der Waals surface area contributed by atoms with Crippen LogP contribution in [0, 0.1) is 17.8 Å². The predicted octanol–water partition coefficient (Wildman–Crippen LogP) is 6.16. The van der Waals surface area contributed by atoms with Crippen molar-refractivity contribution < 1.29 is 0 Å². The van der Waals surface area contributed by atoms with Crippen molar-refractivity contribution in [2.75, 3.05) is 4.90 Å². The fourth-order valence-corrected chi connectivity index (χ4v) is 2.52. The largest absolute Gasteiger partial charge is 0.311 e. The fourth-order valence-electron chi connectivity index (χ4n) is 2.52. The molecular formula is C23H21N. The second kappa shape index (κ2) is 7.53. The van der Waals surface area contributed by atoms with Gasteiger partial charge in [0, 0.05) is 28.5 Å². The van der Waals surface area contributed by atoms with Gasteiger partial charge in [-0.15, -0.1) is 0 Å². The van der Waals surface area contributed by atoms with Crippen LogP contribution in [0.5, 0.6) is 0 Å². The van der Waals surface area contributed by atoms with Gasteiger partial charge in [0.25, 0.3) is 0 Å². The zero-order chi connectivity index (χ0) is 16.8. The average molecular weight is 311 g/mol. The Labute approximate surface area is 144 Å². The van der Waals surface area contributed by atoms with Gasteiger partial charge in [0.2, 0.25) is 0 Å². The van der Waals surface area contributed by atoms with Crippen LogP contribution in [0.1, 0.15) is 19.4 Å². The molecule has 3 aromatic carbocycles. The maximum atomic E-state index is 3.22. The van der Waals surface area contributed by atoms with Crippen molar-refractivity contribution in [1.82, 2.24) is 0 Å². The van der Waals surface area contributed by atoms with Crippen molar-refractivity contribution in [2.45, 2.75) is 13.8 Å². The molecule has 0 bridgehead atoms. The van der Waals surface area contributed by atoms with Crippen LogP contribution in [0.25, 0.3) is 0 Å². The van der Waals surface area contributed by atoms with Crippen molar-refractivity contribution in [3.05, 3.63) is 90.5 Å². The molecule has 3 rings (SSSR count). The molecule has 0 aliphatic carbocycles. The Morgan fingerprint density at radius 1 is 0.625 bits per heavy atom. The van der Waals surface area contributed by atoms with Gasteiger partial charge in [0.05, 0.1) is 0 Å². The molecule has 0 unspecified atom stereocenters. The first kappa shape index (κ1) is 15.9. The highest BCUT2D eigenvalue weighted by molar-refractivity contribution is 5.76. The third-order valence-corrected chi connectivity index (χ3v) is 3.66. The number of rotatable bonds is 3. The number of hydrogen-bond acceptors (Lipinski definition) is 1. The summed E-state index contributed by atoms with van der Waals surface area (Å²) in [5.41, 5.74) is 4.46. The van der Waals surface area contributed by atoms with E-state index in [0.29, 0.717) is 5.92 Å². The Morgan fingerprint density at radius 3 is 1.54 bits per heavy atom. The van der Waals surface area contributed by atoms with Gasteiger partial charge in [-0.05, 0) is 48.5 Å². The summed E-state index contributed by atoms with van der Waals surface area (Å²) in [6.45, 7) is 4.21. The standard InChI is InChI=1S/C23H21N/c1-19(2)13-14-20-15-17-23(18-16-20)24(21-9-5-3-6-10-21)22-11-7-4-8-12-22/h3-12,15-19H,1-2H3. The third kappa shape index (κ3) is 3.86. The first-order valence-electron chi connectivity index (χ1n) is 8.26. The lowest BCUT2D eigenvalue weighted by Crippen LogP contribution is -2.09. The fraction of sp³-hybridized carbons (Fsp3) is 0.130. The molecule has 0 aromatic heterocycles. The van der Waals surface area contributed by atoms with E-state index < -0.39 is 0 Å². The second-order valence-electron chi connectivity index (χ2n) is 5.98. The maximum Gasteiger partial charge on any atom is 0.0462 e. The molecule has 0 aliphatic rings. The quantitative estimate of drug-likeness (QED) is 0.523. The molecule has 0 N–H and O–H groups in total. The van der Waals surface area contributed by atoms with Gasteiger partial charge in [-0.1, -0.05) is 62.1 Å². The molecule has 0 amide bonds. The zero-order valence-corrected chi connectivity index (χ0v) is 14.1. The normalized spacial score (nSPS) is 10.1. The molecule has 24 heavy (non-hydrogen) atoms. The lowest BCUT2D eigenvalue weighted by molar-refractivity contribution is 0.866. The Bertz CT molecular complexity index is 782. The monoisotopic (exact) mass is 311 g/mol. The Hall–Kier alpha value is -2.98. The SMILES string of the molecule is CC(C)C#Cc1ccc(N(c2ccccc2)c2ccccc2)cc1. The van der Waals surface area contributed by atoms with Crippen molar-refractivity contribution in [2.24, 2.45) is 5.92 Å². The van der Waals surface area contributed by atoms with E-state index in [1.54, 1.807) is 0 Å². The molecule has 0 saturated heterocycles. The van der Waals surface area contributed by atoms with Crippen LogP contribution >= 0.6 is 0 Å². The Morgan fingerprint density at radius 2 is 1.08 bits per heavy atom. The lowest BCUT2D eigenvalue weighted by Gasteiger charge is -2.25. The van der Waals surface area contributed by atoms with Crippen LogP contribution < -0.4 is 4.90 Å². The number of hydrogen-bond donors (Lipinski definition) is 0. The minimum Gasteiger partial charge on any atom is -0.311 e. The lowest BCUT2D eigenvalue weighted by atomic mass is 10.1. The van der Waals surface area contributed by atoms with Crippen molar-refractivity contribution in [3.63, 3.8) is 0 Å². The third-order valence-electron chi connectivity index (χ3n) is 3.66. The predicted molar refractivity (Wildman–Crippen MR) is 103 cm³/mol. The van der Waals surface area contributed by atoms with E-state index in [0.717, 1.165) is 22.6 Å². The minimum absolute atomic E-state index is 0.384. The van der Waals surface area contributed by atoms with Crippen LogP contribution in [0.15, 0.2) is 84.9 Å². The number of anilines is 3. The van der Waals surface area contributed by atoms with Gasteiger partial charge in [0.15, 0.2) is 0 Å². The molecule has 3 aromatic rings. The molecule has 0 heterocycles. The summed E-state index contributed by atoms with van der Waals surface area (Å²) in [6.07, 6.45) is 0. The highest BCUT2D eigenvalue weighted by Crippen LogP contribution is 2.33. The summed E-state index contributed by atoms with van der Waals surface area (Å²) >= 11 is 0.